The van der Waals surface area contributed by atoms with Gasteiger partial charge in [-0.05, 0) is 25.0 Å². The summed E-state index contributed by atoms with van der Waals surface area (Å²) in [4.78, 5) is 24.8. The zero-order chi connectivity index (χ0) is 16.6. The minimum atomic E-state index is -0.788. The normalized spacial score (nSPS) is 19.5. The first kappa shape index (κ1) is 15.5. The Hall–Kier alpha value is -2.44. The molecule has 3 rings (SSSR count). The summed E-state index contributed by atoms with van der Waals surface area (Å²) in [5.41, 5.74) is 0.621. The summed E-state index contributed by atoms with van der Waals surface area (Å²) in [7, 11) is 0. The largest absolute Gasteiger partial charge is 0.481 e. The van der Waals surface area contributed by atoms with Gasteiger partial charge in [-0.25, -0.2) is 4.79 Å². The third-order valence-electron chi connectivity index (χ3n) is 4.04. The first-order valence-corrected chi connectivity index (χ1v) is 7.65. The maximum absolute atomic E-state index is 12.3. The predicted molar refractivity (Wildman–Crippen MR) is 82.7 cm³/mol. The summed E-state index contributed by atoms with van der Waals surface area (Å²) in [5.74, 6) is -0.605. The maximum atomic E-state index is 12.3. The number of urea groups is 1. The van der Waals surface area contributed by atoms with Gasteiger partial charge < -0.3 is 24.8 Å². The standard InChI is InChI=1S/C16H20N2O5/c1-16(2)22-12-4-3-11(9-13(12)23-16)17-15(21)18-7-5-10(6-8-18)14(19)20/h3-4,9-10H,5-8H2,1-2H3,(H,17,21)(H,19,20). The number of rotatable bonds is 2. The molecule has 2 aliphatic heterocycles. The van der Waals surface area contributed by atoms with Gasteiger partial charge in [0.2, 0.25) is 5.79 Å². The van der Waals surface area contributed by atoms with Gasteiger partial charge in [0.25, 0.3) is 0 Å². The van der Waals surface area contributed by atoms with Crippen LogP contribution in [0.15, 0.2) is 18.2 Å². The Kier molecular flexibility index (Phi) is 3.79. The molecule has 0 atom stereocenters. The van der Waals surface area contributed by atoms with Crippen LogP contribution in [0, 0.1) is 5.92 Å². The number of nitrogens with zero attached hydrogens (tertiary/aromatic N) is 1. The molecule has 0 radical (unpaired) electrons. The molecule has 2 N–H and O–H groups in total. The van der Waals surface area contributed by atoms with Gasteiger partial charge in [-0.2, -0.15) is 0 Å². The van der Waals surface area contributed by atoms with Gasteiger partial charge >= 0.3 is 12.0 Å². The number of aliphatic carboxylic acids is 1. The number of ether oxygens (including phenoxy) is 2. The second-order valence-corrected chi connectivity index (χ2v) is 6.30. The first-order chi connectivity index (χ1) is 10.8. The van der Waals surface area contributed by atoms with Crippen LogP contribution in [-0.2, 0) is 4.79 Å². The Morgan fingerprint density at radius 3 is 2.52 bits per heavy atom. The summed E-state index contributed by atoms with van der Waals surface area (Å²) < 4.78 is 11.3. The van der Waals surface area contributed by atoms with Crippen molar-refractivity contribution in [2.75, 3.05) is 18.4 Å². The molecule has 124 valence electrons. The van der Waals surface area contributed by atoms with Crippen LogP contribution in [-0.4, -0.2) is 40.9 Å². The van der Waals surface area contributed by atoms with E-state index in [-0.39, 0.29) is 11.9 Å². The second-order valence-electron chi connectivity index (χ2n) is 6.30. The molecule has 0 spiro atoms. The quantitative estimate of drug-likeness (QED) is 0.874. The van der Waals surface area contributed by atoms with Crippen molar-refractivity contribution in [3.63, 3.8) is 0 Å². The number of piperidine rings is 1. The molecule has 7 heteroatoms. The summed E-state index contributed by atoms with van der Waals surface area (Å²) in [5, 5.41) is 11.8. The number of fused-ring (bicyclic) bond motifs is 1. The third kappa shape index (κ3) is 3.33. The molecule has 0 bridgehead atoms. The van der Waals surface area contributed by atoms with Crippen LogP contribution in [0.2, 0.25) is 0 Å². The van der Waals surface area contributed by atoms with E-state index in [4.69, 9.17) is 14.6 Å². The van der Waals surface area contributed by atoms with Crippen LogP contribution < -0.4 is 14.8 Å². The van der Waals surface area contributed by atoms with E-state index in [1.165, 1.54) is 0 Å². The van der Waals surface area contributed by atoms with E-state index in [9.17, 15) is 9.59 Å². The van der Waals surface area contributed by atoms with Crippen molar-refractivity contribution < 1.29 is 24.2 Å². The van der Waals surface area contributed by atoms with Gasteiger partial charge in [-0.1, -0.05) is 0 Å². The lowest BCUT2D eigenvalue weighted by Gasteiger charge is -2.30. The van der Waals surface area contributed by atoms with Crippen molar-refractivity contribution in [2.45, 2.75) is 32.5 Å². The summed E-state index contributed by atoms with van der Waals surface area (Å²) in [6.45, 7) is 4.52. The Bertz CT molecular complexity index is 635. The minimum Gasteiger partial charge on any atom is -0.481 e. The molecule has 1 fully saturated rings. The average Bonchev–Trinajstić information content (AvgIpc) is 2.80. The number of amides is 2. The van der Waals surface area contributed by atoms with Crippen molar-refractivity contribution in [1.29, 1.82) is 0 Å². The Morgan fingerprint density at radius 1 is 1.22 bits per heavy atom. The molecule has 0 saturated carbocycles. The highest BCUT2D eigenvalue weighted by molar-refractivity contribution is 5.90. The van der Waals surface area contributed by atoms with Crippen LogP contribution >= 0.6 is 0 Å². The molecule has 1 aromatic rings. The fourth-order valence-corrected chi connectivity index (χ4v) is 2.83. The van der Waals surface area contributed by atoms with Crippen molar-refractivity contribution in [1.82, 2.24) is 4.90 Å². The van der Waals surface area contributed by atoms with Gasteiger partial charge in [-0.3, -0.25) is 4.79 Å². The molecular formula is C16H20N2O5. The van der Waals surface area contributed by atoms with E-state index >= 15 is 0 Å². The van der Waals surface area contributed by atoms with Crippen LogP contribution in [0.5, 0.6) is 11.5 Å². The molecule has 2 amide bonds. The molecule has 2 heterocycles. The molecule has 1 aromatic carbocycles. The van der Waals surface area contributed by atoms with E-state index < -0.39 is 11.8 Å². The van der Waals surface area contributed by atoms with Crippen molar-refractivity contribution in [3.8, 4) is 11.5 Å². The molecular weight excluding hydrogens is 300 g/mol. The Labute approximate surface area is 134 Å². The van der Waals surface area contributed by atoms with Crippen LogP contribution in [0.1, 0.15) is 26.7 Å². The number of carboxylic acids is 1. The smallest absolute Gasteiger partial charge is 0.321 e. The lowest BCUT2D eigenvalue weighted by atomic mass is 9.97. The van der Waals surface area contributed by atoms with E-state index in [1.54, 1.807) is 23.1 Å². The van der Waals surface area contributed by atoms with Gasteiger partial charge in [0, 0.05) is 38.7 Å². The molecule has 7 nitrogen and oxygen atoms in total. The molecule has 0 aliphatic carbocycles. The second kappa shape index (κ2) is 5.64. The Morgan fingerprint density at radius 2 is 1.87 bits per heavy atom. The molecule has 1 saturated heterocycles. The number of benzene rings is 1. The van der Waals surface area contributed by atoms with Crippen molar-refractivity contribution in [2.24, 2.45) is 5.92 Å². The van der Waals surface area contributed by atoms with E-state index in [2.05, 4.69) is 5.32 Å². The fourth-order valence-electron chi connectivity index (χ4n) is 2.83. The number of likely N-dealkylation sites (tertiary alicyclic amines) is 1. The minimum absolute atomic E-state index is 0.230. The van der Waals surface area contributed by atoms with Gasteiger partial charge in [0.05, 0.1) is 5.92 Å². The lowest BCUT2D eigenvalue weighted by Crippen LogP contribution is -2.42. The highest BCUT2D eigenvalue weighted by Gasteiger charge is 2.32. The zero-order valence-electron chi connectivity index (χ0n) is 13.2. The van der Waals surface area contributed by atoms with E-state index in [1.807, 2.05) is 13.8 Å². The number of carboxylic acid groups (broad SMARTS) is 1. The van der Waals surface area contributed by atoms with Crippen LogP contribution in [0.25, 0.3) is 0 Å². The topological polar surface area (TPSA) is 88.1 Å². The van der Waals surface area contributed by atoms with Crippen molar-refractivity contribution in [3.05, 3.63) is 18.2 Å². The predicted octanol–water partition coefficient (Wildman–Crippen LogP) is 2.52. The van der Waals surface area contributed by atoms with Crippen LogP contribution in [0.3, 0.4) is 0 Å². The molecule has 2 aliphatic rings. The number of carbonyl (C=O) groups is 2. The lowest BCUT2D eigenvalue weighted by molar-refractivity contribution is -0.143. The number of hydrogen-bond donors (Lipinski definition) is 2. The molecule has 0 unspecified atom stereocenters. The highest BCUT2D eigenvalue weighted by atomic mass is 16.7. The highest BCUT2D eigenvalue weighted by Crippen LogP contribution is 2.40. The zero-order valence-corrected chi connectivity index (χ0v) is 13.2. The maximum Gasteiger partial charge on any atom is 0.321 e. The molecule has 23 heavy (non-hydrogen) atoms. The first-order valence-electron chi connectivity index (χ1n) is 7.65. The van der Waals surface area contributed by atoms with Crippen molar-refractivity contribution >= 4 is 17.7 Å². The molecule has 0 aromatic heterocycles. The number of carbonyl (C=O) groups excluding carboxylic acids is 1. The van der Waals surface area contributed by atoms with Gasteiger partial charge in [0.15, 0.2) is 11.5 Å². The monoisotopic (exact) mass is 320 g/mol. The van der Waals surface area contributed by atoms with Crippen LogP contribution in [0.4, 0.5) is 10.5 Å². The van der Waals surface area contributed by atoms with Gasteiger partial charge in [0.1, 0.15) is 0 Å². The number of hydrogen-bond acceptors (Lipinski definition) is 4. The number of anilines is 1. The Balaban J connectivity index is 1.60. The number of nitrogens with one attached hydrogen (secondary N) is 1. The van der Waals surface area contributed by atoms with E-state index in [0.717, 1.165) is 0 Å². The summed E-state index contributed by atoms with van der Waals surface area (Å²) in [6, 6.07) is 5.01. The van der Waals surface area contributed by atoms with Gasteiger partial charge in [-0.15, -0.1) is 0 Å². The average molecular weight is 320 g/mol. The third-order valence-corrected chi connectivity index (χ3v) is 4.04. The summed E-state index contributed by atoms with van der Waals surface area (Å²) >= 11 is 0. The van der Waals surface area contributed by atoms with E-state index in [0.29, 0.717) is 43.1 Å². The SMILES string of the molecule is CC1(C)Oc2ccc(NC(=O)N3CCC(C(=O)O)CC3)cc2O1. The fraction of sp³-hybridized carbons (Fsp3) is 0.500. The summed E-state index contributed by atoms with van der Waals surface area (Å²) in [6.07, 6.45) is 0.968.